The van der Waals surface area contributed by atoms with Crippen molar-refractivity contribution in [1.82, 2.24) is 115 Å². The molecule has 31 nitrogen and oxygen atoms in total. The first kappa shape index (κ1) is 104. The Morgan fingerprint density at radius 2 is 0.652 bits per heavy atom. The fourth-order valence-electron chi connectivity index (χ4n) is 17.9. The van der Waals surface area contributed by atoms with Gasteiger partial charge in [0.2, 0.25) is 0 Å². The van der Waals surface area contributed by atoms with Gasteiger partial charge in [-0.25, -0.2) is 14.4 Å². The summed E-state index contributed by atoms with van der Waals surface area (Å²) in [5.74, 6) is 6.54. The predicted molar refractivity (Wildman–Crippen MR) is 539 cm³/mol. The highest BCUT2D eigenvalue weighted by atomic mass is 16.6. The van der Waals surface area contributed by atoms with Gasteiger partial charge in [0.15, 0.2) is 35.4 Å². The summed E-state index contributed by atoms with van der Waals surface area (Å²) in [5.41, 5.74) is 18.8. The molecule has 4 aliphatic rings. The first-order valence-corrected chi connectivity index (χ1v) is 49.2. The van der Waals surface area contributed by atoms with Gasteiger partial charge in [0.05, 0.1) is 60.5 Å². The van der Waals surface area contributed by atoms with Gasteiger partial charge >= 0.3 is 18.3 Å². The molecule has 0 aliphatic heterocycles. The van der Waals surface area contributed by atoms with Gasteiger partial charge in [-0.3, -0.25) is 39.4 Å². The zero-order valence-electron chi connectivity index (χ0n) is 83.2. The fraction of sp³-hybridized carbons (Fsp3) is 0.477. The van der Waals surface area contributed by atoms with Crippen LogP contribution in [0.15, 0.2) is 195 Å². The Balaban J connectivity index is 0.000000159. The first-order valence-electron chi connectivity index (χ1n) is 49.2. The maximum Gasteiger partial charge on any atom is 0.407 e. The Labute approximate surface area is 814 Å². The Kier molecular flexibility index (Phi) is 39.4. The monoisotopic (exact) mass is 1880 g/mol. The number of ether oxygens (including phenoxy) is 3. The average Bonchev–Trinajstić information content (AvgIpc) is 1.80. The quantitative estimate of drug-likeness (QED) is 0.0142. The van der Waals surface area contributed by atoms with Crippen LogP contribution in [0.1, 0.15) is 262 Å². The van der Waals surface area contributed by atoms with Crippen molar-refractivity contribution in [3.63, 3.8) is 0 Å². The van der Waals surface area contributed by atoms with E-state index in [2.05, 4.69) is 169 Å². The van der Waals surface area contributed by atoms with Crippen molar-refractivity contribution in [2.75, 3.05) is 52.4 Å². The topological polar surface area (TPSA) is 354 Å². The SMILES string of the molecule is CC(C)(C)OC(=O)NCCCCNC1CCCc2cccnc21.Cn1c(C=O)nnc1-c1ccccc1.Cn1c(CN(CCCCN)C2CCCc3cccnc32)nnc1-c1ccccc1.Cn1c(CN(CCCCNC(=O)OC(C)(C)C)C2CCCc3cccnc32)nnc1-c1ccccc1.Cn1c(CN(CCCCNC(=O)OC(C)(C)C)C2CCCc3cccnc32)nnc1-c1ccccc1. The van der Waals surface area contributed by atoms with E-state index >= 15 is 0 Å². The number of aldehydes is 1. The van der Waals surface area contributed by atoms with Crippen molar-refractivity contribution in [1.29, 1.82) is 0 Å². The summed E-state index contributed by atoms with van der Waals surface area (Å²) in [6, 6.07) is 58.3. The number of unbranched alkanes of at least 4 members (excludes halogenated alkanes) is 4. The van der Waals surface area contributed by atoms with Crippen LogP contribution in [0.3, 0.4) is 0 Å². The van der Waals surface area contributed by atoms with Crippen molar-refractivity contribution in [3.05, 3.63) is 263 Å². The molecule has 4 aliphatic carbocycles. The fourth-order valence-corrected chi connectivity index (χ4v) is 17.9. The lowest BCUT2D eigenvalue weighted by Gasteiger charge is -2.34. The third-order valence-electron chi connectivity index (χ3n) is 24.7. The molecule has 138 heavy (non-hydrogen) atoms. The van der Waals surface area contributed by atoms with Gasteiger partial charge in [-0.2, -0.15) is 0 Å². The van der Waals surface area contributed by atoms with Crippen LogP contribution in [0.2, 0.25) is 0 Å². The van der Waals surface area contributed by atoms with Crippen molar-refractivity contribution >= 4 is 24.6 Å². The van der Waals surface area contributed by atoms with E-state index in [0.717, 1.165) is 212 Å². The van der Waals surface area contributed by atoms with Crippen molar-refractivity contribution in [3.8, 4) is 45.6 Å². The molecule has 0 fully saturated rings. The number of carbonyl (C=O) groups is 4. The maximum absolute atomic E-state index is 12.0. The molecule has 0 saturated carbocycles. The zero-order valence-corrected chi connectivity index (χ0v) is 83.2. The van der Waals surface area contributed by atoms with Gasteiger partial charge in [-0.05, 0) is 270 Å². The lowest BCUT2D eigenvalue weighted by molar-refractivity contribution is 0.0514. The van der Waals surface area contributed by atoms with E-state index in [-0.39, 0.29) is 30.4 Å². The minimum atomic E-state index is -0.489. The molecule has 8 heterocycles. The molecule has 4 aromatic carbocycles. The number of alkyl carbamates (subject to hydrolysis) is 3. The van der Waals surface area contributed by atoms with Gasteiger partial charge in [-0.1, -0.05) is 146 Å². The summed E-state index contributed by atoms with van der Waals surface area (Å²) in [5, 5.41) is 47.0. The van der Waals surface area contributed by atoms with E-state index in [4.69, 9.17) is 34.9 Å². The molecule has 3 amide bonds. The van der Waals surface area contributed by atoms with Crippen molar-refractivity contribution in [2.45, 2.75) is 251 Å². The highest BCUT2D eigenvalue weighted by Gasteiger charge is 2.34. The minimum absolute atomic E-state index is 0.241. The molecule has 0 saturated heterocycles. The number of nitrogens with one attached hydrogen (secondary N) is 4. The highest BCUT2D eigenvalue weighted by molar-refractivity contribution is 5.71. The lowest BCUT2D eigenvalue weighted by atomic mass is 9.90. The molecule has 16 rings (SSSR count). The first-order chi connectivity index (χ1) is 66.7. The number of pyridine rings is 4. The molecular weight excluding hydrogens is 1730 g/mol. The van der Waals surface area contributed by atoms with E-state index in [1.54, 1.807) is 11.6 Å². The van der Waals surface area contributed by atoms with Crippen molar-refractivity contribution in [2.24, 2.45) is 33.9 Å². The number of rotatable bonds is 34. The van der Waals surface area contributed by atoms with E-state index in [9.17, 15) is 19.2 Å². The summed E-state index contributed by atoms with van der Waals surface area (Å²) in [6.45, 7) is 25.2. The number of hydrogen-bond donors (Lipinski definition) is 5. The van der Waals surface area contributed by atoms with Crippen LogP contribution in [0.4, 0.5) is 14.4 Å². The van der Waals surface area contributed by atoms with Gasteiger partial charge < -0.3 is 59.5 Å². The number of aryl methyl sites for hydroxylation is 4. The van der Waals surface area contributed by atoms with Crippen LogP contribution < -0.4 is 27.0 Å². The molecule has 0 bridgehead atoms. The second-order valence-corrected chi connectivity index (χ2v) is 38.6. The van der Waals surface area contributed by atoms with Crippen LogP contribution in [-0.2, 0) is 87.7 Å². The van der Waals surface area contributed by atoms with Crippen LogP contribution in [-0.4, -0.2) is 187 Å². The Morgan fingerprint density at radius 1 is 0.362 bits per heavy atom. The standard InChI is InChI=1S/2C28H38N6O2.C23H30N6.C18H29N3O2.C10H9N3O/c2*1-28(2,3)36-27(35)30-17-8-9-19-34(23-16-10-14-21-15-11-18-29-25(21)23)20-24-31-32-26(33(24)4)22-12-6-5-7-13-22;1-28-21(26-27-23(28)19-9-3-2-4-10-19)17-29(16-6-5-14-24)20-13-7-11-18-12-8-15-25-22(18)20;1-18(2,3)23-17(22)21-12-5-4-11-19-15-10-6-8-14-9-7-13-20-16(14)15;1-13-9(7-14)11-12-10(13)8-5-3-2-4-6-8/h2*5-7,11-13,15,18,23H,8-10,14,16-17,19-20H2,1-4H3,(H,30,35);2-4,8-10,12,15,20H,5-7,11,13-14,16-17,24H2,1H3;7,9,13,15,19H,4-6,8,10-12H2,1-3H3,(H,21,22);2-7H,1H3. The van der Waals surface area contributed by atoms with Crippen LogP contribution in [0.25, 0.3) is 45.6 Å². The summed E-state index contributed by atoms with van der Waals surface area (Å²) in [4.78, 5) is 72.4. The van der Waals surface area contributed by atoms with E-state index in [1.807, 2.05) is 204 Å². The molecule has 8 aromatic heterocycles. The molecule has 734 valence electrons. The summed E-state index contributed by atoms with van der Waals surface area (Å²) in [6.07, 6.45) is 28.5. The molecule has 4 atom stereocenters. The number of nitrogens with zero attached hydrogens (tertiary/aromatic N) is 19. The van der Waals surface area contributed by atoms with Gasteiger partial charge in [0.25, 0.3) is 0 Å². The third kappa shape index (κ3) is 31.4. The largest absolute Gasteiger partial charge is 0.444 e. The van der Waals surface area contributed by atoms with Gasteiger partial charge in [0.1, 0.15) is 34.3 Å². The zero-order chi connectivity index (χ0) is 97.8. The Morgan fingerprint density at radius 3 is 0.971 bits per heavy atom. The number of fused-ring (bicyclic) bond motifs is 4. The lowest BCUT2D eigenvalue weighted by Crippen LogP contribution is -2.35. The van der Waals surface area contributed by atoms with Gasteiger partial charge in [0, 0.05) is 101 Å². The maximum atomic E-state index is 12.0. The second-order valence-electron chi connectivity index (χ2n) is 38.6. The summed E-state index contributed by atoms with van der Waals surface area (Å²) >= 11 is 0. The molecule has 0 radical (unpaired) electrons. The van der Waals surface area contributed by atoms with Gasteiger partial charge in [-0.15, -0.1) is 40.8 Å². The van der Waals surface area contributed by atoms with Crippen LogP contribution in [0.5, 0.6) is 0 Å². The van der Waals surface area contributed by atoms with Crippen LogP contribution in [0, 0.1) is 0 Å². The Hall–Kier alpha value is -12.7. The van der Waals surface area contributed by atoms with E-state index in [0.29, 0.717) is 62.7 Å². The molecule has 6 N–H and O–H groups in total. The van der Waals surface area contributed by atoms with Crippen LogP contribution >= 0.6 is 0 Å². The number of benzene rings is 4. The third-order valence-corrected chi connectivity index (χ3v) is 24.7. The number of aromatic nitrogens is 16. The molecule has 31 heteroatoms. The number of nitrogens with two attached hydrogens (primary N) is 1. The van der Waals surface area contributed by atoms with E-state index in [1.165, 1.54) is 57.9 Å². The molecule has 0 spiro atoms. The molecule has 12 aromatic rings. The Bertz CT molecular complexity index is 5550. The number of amides is 3. The predicted octanol–water partition coefficient (Wildman–Crippen LogP) is 18.3. The highest BCUT2D eigenvalue weighted by Crippen LogP contribution is 2.39. The average molecular weight is 1880 g/mol. The number of hydrogen-bond acceptors (Lipinski definition) is 24. The smallest absolute Gasteiger partial charge is 0.407 e. The second kappa shape index (κ2) is 52.2. The summed E-state index contributed by atoms with van der Waals surface area (Å²) < 4.78 is 23.9. The van der Waals surface area contributed by atoms with Crippen molar-refractivity contribution < 1.29 is 33.4 Å². The molecular formula is C107H144N24O7. The van der Waals surface area contributed by atoms with E-state index < -0.39 is 16.8 Å². The number of carbonyl (C=O) groups excluding carboxylic acids is 4. The molecule has 4 unspecified atom stereocenters. The normalized spacial score (nSPS) is 15.4. The minimum Gasteiger partial charge on any atom is -0.444 e. The summed E-state index contributed by atoms with van der Waals surface area (Å²) in [7, 11) is 7.90.